The number of carbonyl (C=O) groups is 2. The van der Waals surface area contributed by atoms with Crippen LogP contribution in [0.15, 0.2) is 35.5 Å². The largest absolute Gasteiger partial charge is 0.463 e. The first-order valence-electron chi connectivity index (χ1n) is 6.86. The first-order chi connectivity index (χ1) is 10.6. The van der Waals surface area contributed by atoms with E-state index in [1.807, 2.05) is 24.3 Å². The van der Waals surface area contributed by atoms with Crippen LogP contribution in [-0.4, -0.2) is 30.9 Å². The van der Waals surface area contributed by atoms with E-state index in [0.717, 1.165) is 11.3 Å². The highest BCUT2D eigenvalue weighted by atomic mass is 35.5. The van der Waals surface area contributed by atoms with E-state index in [4.69, 9.17) is 16.3 Å². The summed E-state index contributed by atoms with van der Waals surface area (Å²) in [5.74, 6) is 0.866. The van der Waals surface area contributed by atoms with Crippen LogP contribution < -0.4 is 10.6 Å². The Hall–Kier alpha value is -1.66. The molecule has 0 saturated carbocycles. The van der Waals surface area contributed by atoms with Gasteiger partial charge in [0.2, 0.25) is 0 Å². The van der Waals surface area contributed by atoms with Gasteiger partial charge in [0.05, 0.1) is 18.7 Å². The van der Waals surface area contributed by atoms with Crippen LogP contribution in [0.4, 0.5) is 4.79 Å². The molecule has 2 rings (SSSR count). The fourth-order valence-electron chi connectivity index (χ4n) is 1.97. The summed E-state index contributed by atoms with van der Waals surface area (Å²) in [5, 5.41) is 5.96. The van der Waals surface area contributed by atoms with Crippen LogP contribution in [0.2, 0.25) is 5.02 Å². The van der Waals surface area contributed by atoms with Gasteiger partial charge in [-0.25, -0.2) is 9.59 Å². The predicted molar refractivity (Wildman–Crippen MR) is 87.8 cm³/mol. The van der Waals surface area contributed by atoms with Crippen molar-refractivity contribution in [3.8, 4) is 0 Å². The van der Waals surface area contributed by atoms with E-state index in [1.54, 1.807) is 18.7 Å². The van der Waals surface area contributed by atoms with Crippen LogP contribution in [-0.2, 0) is 15.3 Å². The fourth-order valence-corrected chi connectivity index (χ4v) is 3.15. The molecule has 2 amide bonds. The molecular formula is C15H17ClN2O3S. The molecule has 0 radical (unpaired) electrons. The number of halogens is 1. The minimum atomic E-state index is -0.395. The van der Waals surface area contributed by atoms with E-state index in [-0.39, 0.29) is 12.6 Å². The fraction of sp³-hybridized carbons (Fsp3) is 0.333. The Labute approximate surface area is 138 Å². The Morgan fingerprint density at radius 2 is 2.23 bits per heavy atom. The monoisotopic (exact) mass is 340 g/mol. The zero-order chi connectivity index (χ0) is 15.9. The third-order valence-corrected chi connectivity index (χ3v) is 4.25. The summed E-state index contributed by atoms with van der Waals surface area (Å²) in [7, 11) is 0. The standard InChI is InChI=1S/C15H17ClN2O3S/c1-2-21-14(19)12-7-17-15(20)18-13(12)9-22-8-10-4-3-5-11(16)6-10/h3-6H,2,7-9H2,1H3,(H2,17,18,20). The van der Waals surface area contributed by atoms with Gasteiger partial charge >= 0.3 is 12.0 Å². The van der Waals surface area contributed by atoms with Gasteiger partial charge in [0.1, 0.15) is 0 Å². The third kappa shape index (κ3) is 4.68. The quantitative estimate of drug-likeness (QED) is 0.781. The van der Waals surface area contributed by atoms with Crippen molar-refractivity contribution in [2.45, 2.75) is 12.7 Å². The summed E-state index contributed by atoms with van der Waals surface area (Å²) in [6.07, 6.45) is 0. The second-order valence-corrected chi connectivity index (χ2v) is 6.03. The highest BCUT2D eigenvalue weighted by molar-refractivity contribution is 7.98. The SMILES string of the molecule is CCOC(=O)C1=C(CSCc2cccc(Cl)c2)NC(=O)NC1. The third-order valence-electron chi connectivity index (χ3n) is 2.98. The van der Waals surface area contributed by atoms with Gasteiger partial charge in [-0.3, -0.25) is 0 Å². The van der Waals surface area contributed by atoms with E-state index in [2.05, 4.69) is 10.6 Å². The Bertz CT molecular complexity index is 604. The molecule has 1 aliphatic heterocycles. The Balaban J connectivity index is 2.00. The summed E-state index contributed by atoms with van der Waals surface area (Å²) in [5.41, 5.74) is 2.17. The van der Waals surface area contributed by atoms with Crippen molar-refractivity contribution in [2.75, 3.05) is 18.9 Å². The number of hydrogen-bond donors (Lipinski definition) is 2. The first kappa shape index (κ1) is 16.7. The van der Waals surface area contributed by atoms with Crippen LogP contribution in [0, 0.1) is 0 Å². The van der Waals surface area contributed by atoms with Crippen molar-refractivity contribution < 1.29 is 14.3 Å². The van der Waals surface area contributed by atoms with Crippen molar-refractivity contribution in [3.63, 3.8) is 0 Å². The molecule has 0 aliphatic carbocycles. The van der Waals surface area contributed by atoms with Crippen molar-refractivity contribution in [1.82, 2.24) is 10.6 Å². The molecule has 1 heterocycles. The van der Waals surface area contributed by atoms with Gasteiger partial charge in [0, 0.05) is 22.2 Å². The minimum absolute atomic E-state index is 0.192. The Morgan fingerprint density at radius 1 is 1.41 bits per heavy atom. The van der Waals surface area contributed by atoms with Crippen molar-refractivity contribution >= 4 is 35.4 Å². The molecule has 2 N–H and O–H groups in total. The zero-order valence-electron chi connectivity index (χ0n) is 12.1. The maximum Gasteiger partial charge on any atom is 0.337 e. The van der Waals surface area contributed by atoms with Gasteiger partial charge in [-0.2, -0.15) is 11.8 Å². The lowest BCUT2D eigenvalue weighted by Crippen LogP contribution is -2.44. The van der Waals surface area contributed by atoms with Gasteiger partial charge in [-0.05, 0) is 24.6 Å². The van der Waals surface area contributed by atoms with Crippen LogP contribution in [0.5, 0.6) is 0 Å². The maximum absolute atomic E-state index is 11.9. The lowest BCUT2D eigenvalue weighted by molar-refractivity contribution is -0.138. The Morgan fingerprint density at radius 3 is 2.95 bits per heavy atom. The summed E-state index contributed by atoms with van der Waals surface area (Å²) >= 11 is 7.54. The number of benzene rings is 1. The molecule has 1 aliphatic rings. The first-order valence-corrected chi connectivity index (χ1v) is 8.39. The molecule has 0 unspecified atom stereocenters. The van der Waals surface area contributed by atoms with E-state index in [0.29, 0.717) is 28.7 Å². The molecule has 22 heavy (non-hydrogen) atoms. The van der Waals surface area contributed by atoms with Crippen molar-refractivity contribution in [1.29, 1.82) is 0 Å². The number of esters is 1. The van der Waals surface area contributed by atoms with Crippen LogP contribution in [0.1, 0.15) is 12.5 Å². The molecule has 0 atom stereocenters. The summed E-state index contributed by atoms with van der Waals surface area (Å²) in [4.78, 5) is 23.3. The average molecular weight is 341 g/mol. The molecule has 0 bridgehead atoms. The zero-order valence-corrected chi connectivity index (χ0v) is 13.7. The van der Waals surface area contributed by atoms with Gasteiger partial charge in [0.25, 0.3) is 0 Å². The maximum atomic E-state index is 11.9. The number of rotatable bonds is 6. The highest BCUT2D eigenvalue weighted by Gasteiger charge is 2.23. The number of ether oxygens (including phenoxy) is 1. The molecule has 1 aromatic carbocycles. The molecule has 0 fully saturated rings. The van der Waals surface area contributed by atoms with E-state index >= 15 is 0 Å². The molecule has 0 aromatic heterocycles. The van der Waals surface area contributed by atoms with Gasteiger partial charge < -0.3 is 15.4 Å². The smallest absolute Gasteiger partial charge is 0.337 e. The number of amides is 2. The molecule has 7 heteroatoms. The normalized spacial score (nSPS) is 14.4. The van der Waals surface area contributed by atoms with E-state index in [9.17, 15) is 9.59 Å². The number of thioether (sulfide) groups is 1. The Kier molecular flexibility index (Phi) is 6.15. The topological polar surface area (TPSA) is 67.4 Å². The lowest BCUT2D eigenvalue weighted by atomic mass is 10.2. The van der Waals surface area contributed by atoms with Crippen LogP contribution in [0.3, 0.4) is 0 Å². The molecule has 1 aromatic rings. The van der Waals surface area contributed by atoms with E-state index in [1.165, 1.54) is 0 Å². The van der Waals surface area contributed by atoms with E-state index < -0.39 is 5.97 Å². The van der Waals surface area contributed by atoms with Crippen LogP contribution in [0.25, 0.3) is 0 Å². The molecular weight excluding hydrogens is 324 g/mol. The molecule has 118 valence electrons. The second kappa shape index (κ2) is 8.10. The molecule has 0 saturated heterocycles. The lowest BCUT2D eigenvalue weighted by Gasteiger charge is -2.21. The second-order valence-electron chi connectivity index (χ2n) is 4.61. The average Bonchev–Trinajstić information content (AvgIpc) is 2.47. The van der Waals surface area contributed by atoms with Gasteiger partial charge in [-0.1, -0.05) is 23.7 Å². The van der Waals surface area contributed by atoms with Crippen molar-refractivity contribution in [3.05, 3.63) is 46.1 Å². The highest BCUT2D eigenvalue weighted by Crippen LogP contribution is 2.20. The number of carbonyl (C=O) groups excluding carboxylic acids is 2. The van der Waals surface area contributed by atoms with Gasteiger partial charge in [0.15, 0.2) is 0 Å². The molecule has 5 nitrogen and oxygen atoms in total. The summed E-state index contributed by atoms with van der Waals surface area (Å²) in [6.45, 7) is 2.25. The summed E-state index contributed by atoms with van der Waals surface area (Å²) in [6, 6.07) is 7.31. The van der Waals surface area contributed by atoms with Crippen LogP contribution >= 0.6 is 23.4 Å². The van der Waals surface area contributed by atoms with Crippen molar-refractivity contribution in [2.24, 2.45) is 0 Å². The summed E-state index contributed by atoms with van der Waals surface area (Å²) < 4.78 is 5.01. The number of nitrogens with one attached hydrogen (secondary N) is 2. The minimum Gasteiger partial charge on any atom is -0.463 e. The molecule has 0 spiro atoms. The predicted octanol–water partition coefficient (Wildman–Crippen LogP) is 2.70. The van der Waals surface area contributed by atoms with Gasteiger partial charge in [-0.15, -0.1) is 0 Å². The number of hydrogen-bond acceptors (Lipinski definition) is 4. The number of urea groups is 1.